The highest BCUT2D eigenvalue weighted by atomic mass is 19.1. The van der Waals surface area contributed by atoms with E-state index in [0.717, 1.165) is 0 Å². The van der Waals surface area contributed by atoms with Gasteiger partial charge in [0.1, 0.15) is 6.17 Å². The molecule has 4 aliphatic rings. The van der Waals surface area contributed by atoms with Crippen LogP contribution in [0.15, 0.2) is 35.5 Å². The first-order chi connectivity index (χ1) is 12.2. The highest BCUT2D eigenvalue weighted by Crippen LogP contribution is 2.65. The fraction of sp³-hybridized carbons (Fsp3) is 0.619. The van der Waals surface area contributed by atoms with Crippen LogP contribution < -0.4 is 0 Å². The van der Waals surface area contributed by atoms with Gasteiger partial charge in [-0.1, -0.05) is 26.0 Å². The van der Waals surface area contributed by atoms with E-state index in [0.29, 0.717) is 24.0 Å². The molecule has 0 aliphatic heterocycles. The molecular formula is C21H24F2O3. The van der Waals surface area contributed by atoms with Crippen molar-refractivity contribution in [3.05, 3.63) is 35.5 Å². The highest BCUT2D eigenvalue weighted by molar-refractivity contribution is 6.01. The van der Waals surface area contributed by atoms with Crippen molar-refractivity contribution in [2.75, 3.05) is 6.67 Å². The quantitative estimate of drug-likeness (QED) is 0.820. The van der Waals surface area contributed by atoms with E-state index in [-0.39, 0.29) is 30.0 Å². The van der Waals surface area contributed by atoms with Crippen molar-refractivity contribution >= 4 is 11.6 Å². The van der Waals surface area contributed by atoms with Crippen molar-refractivity contribution in [1.29, 1.82) is 0 Å². The van der Waals surface area contributed by atoms with E-state index in [1.807, 2.05) is 13.8 Å². The number of carbonyl (C=O) groups excluding carboxylic acids is 2. The van der Waals surface area contributed by atoms with Gasteiger partial charge in [-0.25, -0.2) is 8.78 Å². The summed E-state index contributed by atoms with van der Waals surface area (Å²) in [6.07, 6.45) is 5.60. The molecule has 0 bridgehead atoms. The zero-order chi connectivity index (χ0) is 18.9. The molecule has 5 heteroatoms. The zero-order valence-electron chi connectivity index (χ0n) is 15.0. The molecule has 3 nitrogen and oxygen atoms in total. The second-order valence-electron chi connectivity index (χ2n) is 8.72. The van der Waals surface area contributed by atoms with Gasteiger partial charge in [-0.05, 0) is 48.8 Å². The van der Waals surface area contributed by atoms with Crippen molar-refractivity contribution < 1.29 is 23.5 Å². The van der Waals surface area contributed by atoms with Crippen molar-refractivity contribution in [2.45, 2.75) is 45.4 Å². The third-order valence-corrected chi connectivity index (χ3v) is 7.48. The van der Waals surface area contributed by atoms with E-state index in [1.54, 1.807) is 12.2 Å². The molecule has 26 heavy (non-hydrogen) atoms. The van der Waals surface area contributed by atoms with Crippen LogP contribution in [0.5, 0.6) is 0 Å². The SMILES string of the molecule is CC12C=CC(=O)C=C1C(F)CC1C2C(O)CC2(C)C(C(=O)CF)=CCC12. The van der Waals surface area contributed by atoms with Crippen LogP contribution in [-0.4, -0.2) is 35.6 Å². The summed E-state index contributed by atoms with van der Waals surface area (Å²) in [4.78, 5) is 23.8. The van der Waals surface area contributed by atoms with Gasteiger partial charge in [0.05, 0.1) is 6.10 Å². The third kappa shape index (κ3) is 2.19. The third-order valence-electron chi connectivity index (χ3n) is 7.48. The number of rotatable bonds is 2. The van der Waals surface area contributed by atoms with Crippen LogP contribution in [0.4, 0.5) is 8.78 Å². The number of fused-ring (bicyclic) bond motifs is 5. The Labute approximate surface area is 151 Å². The first-order valence-corrected chi connectivity index (χ1v) is 9.29. The first-order valence-electron chi connectivity index (χ1n) is 9.29. The maximum absolute atomic E-state index is 15.1. The Balaban J connectivity index is 1.76. The fourth-order valence-electron chi connectivity index (χ4n) is 6.41. The lowest BCUT2D eigenvalue weighted by Gasteiger charge is -2.58. The number of hydrogen-bond acceptors (Lipinski definition) is 3. The lowest BCUT2D eigenvalue weighted by molar-refractivity contribution is -0.125. The van der Waals surface area contributed by atoms with Crippen LogP contribution in [0.2, 0.25) is 0 Å². The van der Waals surface area contributed by atoms with Crippen molar-refractivity contribution in [3.8, 4) is 0 Å². The fourth-order valence-corrected chi connectivity index (χ4v) is 6.41. The minimum Gasteiger partial charge on any atom is -0.393 e. The van der Waals surface area contributed by atoms with E-state index < -0.39 is 35.6 Å². The molecule has 1 N–H and O–H groups in total. The normalized spacial score (nSPS) is 46.8. The number of halogens is 2. The molecule has 2 fully saturated rings. The smallest absolute Gasteiger partial charge is 0.190 e. The lowest BCUT2D eigenvalue weighted by Crippen LogP contribution is -2.57. The van der Waals surface area contributed by atoms with Gasteiger partial charge < -0.3 is 5.11 Å². The lowest BCUT2D eigenvalue weighted by atomic mass is 9.46. The molecule has 2 saturated carbocycles. The largest absolute Gasteiger partial charge is 0.393 e. The maximum atomic E-state index is 15.1. The first kappa shape index (κ1) is 17.8. The van der Waals surface area contributed by atoms with Gasteiger partial charge in [-0.3, -0.25) is 9.59 Å². The number of alkyl halides is 2. The van der Waals surface area contributed by atoms with Gasteiger partial charge in [-0.15, -0.1) is 0 Å². The van der Waals surface area contributed by atoms with Crippen LogP contribution in [0.25, 0.3) is 0 Å². The van der Waals surface area contributed by atoms with Crippen molar-refractivity contribution in [3.63, 3.8) is 0 Å². The van der Waals surface area contributed by atoms with E-state index in [2.05, 4.69) is 0 Å². The van der Waals surface area contributed by atoms with E-state index in [1.165, 1.54) is 12.2 Å². The molecule has 0 saturated heterocycles. The summed E-state index contributed by atoms with van der Waals surface area (Å²) in [5.74, 6) is -1.07. The van der Waals surface area contributed by atoms with Crippen molar-refractivity contribution in [2.24, 2.45) is 28.6 Å². The molecule has 0 aromatic carbocycles. The van der Waals surface area contributed by atoms with Crippen LogP contribution in [0, 0.1) is 28.6 Å². The summed E-state index contributed by atoms with van der Waals surface area (Å²) in [6.45, 7) is 2.76. The Hall–Kier alpha value is -1.62. The molecule has 0 aromatic rings. The predicted octanol–water partition coefficient (Wildman–Crippen LogP) is 3.29. The number of hydrogen-bond donors (Lipinski definition) is 1. The zero-order valence-corrected chi connectivity index (χ0v) is 15.0. The Kier molecular flexibility index (Phi) is 3.89. The topological polar surface area (TPSA) is 54.4 Å². The van der Waals surface area contributed by atoms with Crippen LogP contribution in [0.1, 0.15) is 33.1 Å². The summed E-state index contributed by atoms with van der Waals surface area (Å²) in [5.41, 5.74) is -0.405. The second-order valence-corrected chi connectivity index (χ2v) is 8.72. The summed E-state index contributed by atoms with van der Waals surface area (Å²) in [6, 6.07) is 0. The number of aliphatic hydroxyl groups is 1. The molecule has 4 aliphatic carbocycles. The van der Waals surface area contributed by atoms with E-state index in [4.69, 9.17) is 0 Å². The van der Waals surface area contributed by atoms with Crippen molar-refractivity contribution in [1.82, 2.24) is 0 Å². The monoisotopic (exact) mass is 362 g/mol. The molecule has 0 heterocycles. The highest BCUT2D eigenvalue weighted by Gasteiger charge is 2.62. The van der Waals surface area contributed by atoms with Crippen LogP contribution in [0.3, 0.4) is 0 Å². The number of carbonyl (C=O) groups is 2. The minimum atomic E-state index is -1.24. The molecule has 7 atom stereocenters. The molecule has 0 spiro atoms. The molecule has 4 rings (SSSR count). The molecule has 140 valence electrons. The van der Waals surface area contributed by atoms with E-state index >= 15 is 4.39 Å². The number of Topliss-reactive ketones (excluding diaryl/α,β-unsaturated/α-hetero) is 1. The predicted molar refractivity (Wildman–Crippen MR) is 92.7 cm³/mol. The minimum absolute atomic E-state index is 0.00375. The van der Waals surface area contributed by atoms with Gasteiger partial charge in [0.25, 0.3) is 0 Å². The molecule has 0 aromatic heterocycles. The standard InChI is InChI=1S/C21H24F2O3/c1-20-6-5-11(24)7-15(20)16(23)8-12-13-3-4-14(18(26)10-22)21(13,2)9-17(25)19(12)20/h4-7,12-13,16-17,19,25H,3,8-10H2,1-2H3. The average molecular weight is 362 g/mol. The maximum Gasteiger partial charge on any atom is 0.190 e. The molecule has 7 unspecified atom stereocenters. The second kappa shape index (κ2) is 5.69. The van der Waals surface area contributed by atoms with Gasteiger partial charge in [0.15, 0.2) is 18.2 Å². The Morgan fingerprint density at radius 2 is 2.12 bits per heavy atom. The van der Waals surface area contributed by atoms with Gasteiger partial charge >= 0.3 is 0 Å². The molecule has 0 radical (unpaired) electrons. The average Bonchev–Trinajstić information content (AvgIpc) is 2.92. The number of aliphatic hydroxyl groups excluding tert-OH is 1. The Bertz CT molecular complexity index is 767. The van der Waals surface area contributed by atoms with Crippen LogP contribution in [-0.2, 0) is 9.59 Å². The van der Waals surface area contributed by atoms with Gasteiger partial charge in [0, 0.05) is 22.3 Å². The summed E-state index contributed by atoms with van der Waals surface area (Å²) in [7, 11) is 0. The molecular weight excluding hydrogens is 338 g/mol. The molecule has 0 amide bonds. The van der Waals surface area contributed by atoms with Gasteiger partial charge in [-0.2, -0.15) is 0 Å². The van der Waals surface area contributed by atoms with Crippen LogP contribution >= 0.6 is 0 Å². The van der Waals surface area contributed by atoms with Gasteiger partial charge in [0.2, 0.25) is 0 Å². The summed E-state index contributed by atoms with van der Waals surface area (Å²) < 4.78 is 28.1. The number of allylic oxidation sites excluding steroid dienone is 6. The summed E-state index contributed by atoms with van der Waals surface area (Å²) >= 11 is 0. The number of ketones is 2. The Morgan fingerprint density at radius 3 is 2.81 bits per heavy atom. The summed E-state index contributed by atoms with van der Waals surface area (Å²) in [5, 5.41) is 11.0. The Morgan fingerprint density at radius 1 is 1.38 bits per heavy atom. The van der Waals surface area contributed by atoms with E-state index in [9.17, 15) is 19.1 Å².